The summed E-state index contributed by atoms with van der Waals surface area (Å²) in [7, 11) is 0. The molecule has 0 radical (unpaired) electrons. The van der Waals surface area contributed by atoms with Gasteiger partial charge >= 0.3 is 5.97 Å². The fourth-order valence-corrected chi connectivity index (χ4v) is 8.41. The van der Waals surface area contributed by atoms with Crippen molar-refractivity contribution in [1.82, 2.24) is 9.80 Å². The van der Waals surface area contributed by atoms with Gasteiger partial charge in [0, 0.05) is 18.3 Å². The van der Waals surface area contributed by atoms with Gasteiger partial charge in [-0.25, -0.2) is 0 Å². The number of nitrogens with zero attached hydrogens (tertiary/aromatic N) is 2. The van der Waals surface area contributed by atoms with Crippen LogP contribution in [0.25, 0.3) is 0 Å². The van der Waals surface area contributed by atoms with Crippen molar-refractivity contribution in [1.29, 1.82) is 0 Å². The van der Waals surface area contributed by atoms with Gasteiger partial charge in [0.15, 0.2) is 0 Å². The molecule has 3 heterocycles. The van der Waals surface area contributed by atoms with E-state index in [2.05, 4.69) is 13.2 Å². The van der Waals surface area contributed by atoms with E-state index in [0.29, 0.717) is 26.1 Å². The minimum atomic E-state index is -0.754. The predicted molar refractivity (Wildman–Crippen MR) is 145 cm³/mol. The fraction of sp³-hybridized carbons (Fsp3) is 0.552. The van der Waals surface area contributed by atoms with Crippen LogP contribution in [-0.2, 0) is 25.7 Å². The topological polar surface area (TPSA) is 87.1 Å². The van der Waals surface area contributed by atoms with Gasteiger partial charge < -0.3 is 19.6 Å². The van der Waals surface area contributed by atoms with E-state index < -0.39 is 28.7 Å². The number of hydrogen-bond donors (Lipinski definition) is 1. The smallest absolute Gasteiger partial charge is 0.310 e. The molecule has 2 unspecified atom stereocenters. The Morgan fingerprint density at radius 3 is 2.70 bits per heavy atom. The molecule has 3 fully saturated rings. The summed E-state index contributed by atoms with van der Waals surface area (Å²) in [5, 5.41) is 10.00. The zero-order chi connectivity index (χ0) is 26.6. The maximum absolute atomic E-state index is 14.3. The Labute approximate surface area is 223 Å². The maximum Gasteiger partial charge on any atom is 0.310 e. The molecule has 7 nitrogen and oxygen atoms in total. The lowest BCUT2D eigenvalue weighted by molar-refractivity contribution is -0.154. The van der Waals surface area contributed by atoms with Gasteiger partial charge in [0.2, 0.25) is 11.8 Å². The average Bonchev–Trinajstić information content (AvgIpc) is 3.55. The minimum Gasteiger partial charge on any atom is -0.465 e. The molecule has 0 saturated carbocycles. The second kappa shape index (κ2) is 11.9. The summed E-state index contributed by atoms with van der Waals surface area (Å²) in [6.07, 6.45) is 7.48. The quantitative estimate of drug-likeness (QED) is 0.240. The van der Waals surface area contributed by atoms with Crippen molar-refractivity contribution >= 4 is 29.5 Å². The normalized spacial score (nSPS) is 28.6. The van der Waals surface area contributed by atoms with Crippen LogP contribution in [0.15, 0.2) is 55.6 Å². The number of amides is 2. The first-order valence-corrected chi connectivity index (χ1v) is 14.1. The molecule has 1 N–H and O–H groups in total. The molecule has 2 bridgehead atoms. The Kier molecular flexibility index (Phi) is 8.80. The summed E-state index contributed by atoms with van der Waals surface area (Å²) in [6, 6.07) is 8.43. The van der Waals surface area contributed by atoms with Gasteiger partial charge in [-0.05, 0) is 44.6 Å². The van der Waals surface area contributed by atoms with Crippen molar-refractivity contribution in [2.45, 2.75) is 67.7 Å². The van der Waals surface area contributed by atoms with Gasteiger partial charge in [-0.3, -0.25) is 14.4 Å². The largest absolute Gasteiger partial charge is 0.465 e. The Balaban J connectivity index is 1.62. The van der Waals surface area contributed by atoms with E-state index in [1.54, 1.807) is 34.6 Å². The third-order valence-electron chi connectivity index (χ3n) is 7.91. The molecule has 200 valence electrons. The zero-order valence-corrected chi connectivity index (χ0v) is 22.4. The highest BCUT2D eigenvalue weighted by Gasteiger charge is 2.74. The van der Waals surface area contributed by atoms with E-state index in [0.717, 1.165) is 31.2 Å². The molecule has 3 aliphatic heterocycles. The number of carbonyl (C=O) groups is 3. The van der Waals surface area contributed by atoms with Gasteiger partial charge in [0.1, 0.15) is 6.04 Å². The molecule has 3 saturated heterocycles. The first-order valence-electron chi connectivity index (χ1n) is 13.2. The van der Waals surface area contributed by atoms with E-state index in [-0.39, 0.29) is 29.6 Å². The molecule has 6 atom stereocenters. The number of aliphatic hydroxyl groups is 1. The molecule has 1 spiro atoms. The molecule has 0 aliphatic carbocycles. The van der Waals surface area contributed by atoms with Crippen molar-refractivity contribution in [2.24, 2.45) is 11.8 Å². The maximum atomic E-state index is 14.3. The highest BCUT2D eigenvalue weighted by molar-refractivity contribution is 8.02. The standard InChI is InChI=1S/C29H38N2O5S/c1-4-6-7-11-17-36-28(35)23-22-14-15-29(37-22)24(23)26(33)31(20(3)19-32)25(29)27(34)30(16-5-2)18-21-12-9-8-10-13-21/h4-5,8-10,12-13,20,22-25,32H,1-2,6-7,11,14-19H2,3H3/t20-,22-,23+,24+,25?,29?/m1/s1. The first kappa shape index (κ1) is 27.5. The number of allylic oxidation sites excluding steroid dienone is 1. The molecular weight excluding hydrogens is 488 g/mol. The summed E-state index contributed by atoms with van der Waals surface area (Å²) in [4.78, 5) is 44.8. The van der Waals surface area contributed by atoms with E-state index in [4.69, 9.17) is 4.74 Å². The van der Waals surface area contributed by atoms with Crippen molar-refractivity contribution < 1.29 is 24.2 Å². The van der Waals surface area contributed by atoms with Gasteiger partial charge in [-0.2, -0.15) is 0 Å². The Morgan fingerprint density at radius 1 is 1.27 bits per heavy atom. The first-order chi connectivity index (χ1) is 17.9. The zero-order valence-electron chi connectivity index (χ0n) is 21.6. The molecule has 1 aromatic carbocycles. The molecule has 1 aromatic rings. The van der Waals surface area contributed by atoms with Crippen LogP contribution in [0.1, 0.15) is 44.6 Å². The number of carbonyl (C=O) groups excluding carboxylic acids is 3. The minimum absolute atomic E-state index is 0.0431. The third-order valence-corrected chi connectivity index (χ3v) is 9.86. The van der Waals surface area contributed by atoms with Crippen molar-refractivity contribution in [3.05, 3.63) is 61.2 Å². The molecular formula is C29H38N2O5S. The number of rotatable bonds is 13. The van der Waals surface area contributed by atoms with Crippen LogP contribution in [-0.4, -0.2) is 74.5 Å². The van der Waals surface area contributed by atoms with Crippen LogP contribution in [0.3, 0.4) is 0 Å². The number of ether oxygens (including phenoxy) is 1. The second-order valence-electron chi connectivity index (χ2n) is 10.3. The number of benzene rings is 1. The average molecular weight is 527 g/mol. The van der Waals surface area contributed by atoms with Crippen LogP contribution < -0.4 is 0 Å². The van der Waals surface area contributed by atoms with Crippen molar-refractivity contribution in [3.63, 3.8) is 0 Å². The fourth-order valence-electron chi connectivity index (χ4n) is 6.23. The number of hydrogen-bond acceptors (Lipinski definition) is 6. The Bertz CT molecular complexity index is 1020. The molecule has 37 heavy (non-hydrogen) atoms. The number of aliphatic hydroxyl groups excluding tert-OH is 1. The van der Waals surface area contributed by atoms with Crippen molar-refractivity contribution in [2.75, 3.05) is 19.8 Å². The van der Waals surface area contributed by atoms with Crippen LogP contribution in [0, 0.1) is 11.8 Å². The summed E-state index contributed by atoms with van der Waals surface area (Å²) >= 11 is 1.62. The predicted octanol–water partition coefficient (Wildman–Crippen LogP) is 3.57. The monoisotopic (exact) mass is 526 g/mol. The van der Waals surface area contributed by atoms with Gasteiger partial charge in [-0.15, -0.1) is 24.9 Å². The molecule has 0 aromatic heterocycles. The number of thioether (sulfide) groups is 1. The van der Waals surface area contributed by atoms with E-state index in [1.165, 1.54) is 0 Å². The highest BCUT2D eigenvalue weighted by atomic mass is 32.2. The van der Waals surface area contributed by atoms with Gasteiger partial charge in [0.25, 0.3) is 0 Å². The highest BCUT2D eigenvalue weighted by Crippen LogP contribution is 2.66. The number of esters is 1. The summed E-state index contributed by atoms with van der Waals surface area (Å²) < 4.78 is 4.94. The van der Waals surface area contributed by atoms with Crippen LogP contribution >= 0.6 is 11.8 Å². The lowest BCUT2D eigenvalue weighted by Crippen LogP contribution is -2.56. The lowest BCUT2D eigenvalue weighted by atomic mass is 9.71. The van der Waals surface area contributed by atoms with Crippen LogP contribution in [0.4, 0.5) is 0 Å². The molecule has 4 rings (SSSR count). The van der Waals surface area contributed by atoms with Crippen LogP contribution in [0.5, 0.6) is 0 Å². The van der Waals surface area contributed by atoms with E-state index in [1.807, 2.05) is 36.4 Å². The van der Waals surface area contributed by atoms with Gasteiger partial charge in [-0.1, -0.05) is 42.5 Å². The molecule has 3 aliphatic rings. The summed E-state index contributed by atoms with van der Waals surface area (Å²) in [5.41, 5.74) is 0.985. The molecule has 2 amide bonds. The third kappa shape index (κ3) is 5.10. The second-order valence-corrected chi connectivity index (χ2v) is 11.9. The number of fused-ring (bicyclic) bond motifs is 1. The molecule has 8 heteroatoms. The number of unbranched alkanes of at least 4 members (excludes halogenated alkanes) is 2. The SMILES string of the molecule is C=CCCCCOC(=O)[C@@H]1[C@H]2C(=O)N([C@H](C)CO)C(C(=O)N(CC=C)Cc3ccccc3)C23CC[C@H]1S3. The summed E-state index contributed by atoms with van der Waals surface area (Å²) in [6.45, 7) is 10.1. The Hall–Kier alpha value is -2.58. The summed E-state index contributed by atoms with van der Waals surface area (Å²) in [5.74, 6) is -1.91. The number of likely N-dealkylation sites (tertiary alicyclic amines) is 1. The van der Waals surface area contributed by atoms with Crippen LogP contribution in [0.2, 0.25) is 0 Å². The van der Waals surface area contributed by atoms with E-state index >= 15 is 0 Å². The van der Waals surface area contributed by atoms with Crippen molar-refractivity contribution in [3.8, 4) is 0 Å². The van der Waals surface area contributed by atoms with Gasteiger partial charge in [0.05, 0.1) is 35.8 Å². The Morgan fingerprint density at radius 2 is 2.03 bits per heavy atom. The lowest BCUT2D eigenvalue weighted by Gasteiger charge is -2.38. The van der Waals surface area contributed by atoms with E-state index in [9.17, 15) is 19.5 Å².